The number of fused-ring (bicyclic) bond motifs is 1. The van der Waals surface area contributed by atoms with Crippen LogP contribution in [0.1, 0.15) is 13.8 Å². The van der Waals surface area contributed by atoms with E-state index in [0.717, 1.165) is 0 Å². The molecule has 0 saturated carbocycles. The third-order valence-electron chi connectivity index (χ3n) is 3.82. The summed E-state index contributed by atoms with van der Waals surface area (Å²) < 4.78 is 7.10. The Morgan fingerprint density at radius 2 is 2.14 bits per heavy atom. The van der Waals surface area contributed by atoms with Crippen molar-refractivity contribution in [3.05, 3.63) is 40.8 Å². The number of hydrogen-bond acceptors (Lipinski definition) is 4. The molecular weight excluding hydrogens is 282 g/mol. The molecule has 0 spiro atoms. The summed E-state index contributed by atoms with van der Waals surface area (Å²) in [4.78, 5) is 30.5. The van der Waals surface area contributed by atoms with E-state index in [2.05, 4.69) is 4.98 Å². The van der Waals surface area contributed by atoms with E-state index in [0.29, 0.717) is 30.7 Å². The number of nitrogens with zero attached hydrogens (tertiary/aromatic N) is 3. The van der Waals surface area contributed by atoms with Crippen LogP contribution in [-0.2, 0) is 16.1 Å². The van der Waals surface area contributed by atoms with Gasteiger partial charge in [0, 0.05) is 13.1 Å². The highest BCUT2D eigenvalue weighted by Crippen LogP contribution is 2.17. The van der Waals surface area contributed by atoms with Crippen molar-refractivity contribution in [2.45, 2.75) is 26.0 Å². The zero-order valence-electron chi connectivity index (χ0n) is 12.8. The second-order valence-electron chi connectivity index (χ2n) is 6.09. The smallest absolute Gasteiger partial charge is 0.269 e. The van der Waals surface area contributed by atoms with Gasteiger partial charge in [0.15, 0.2) is 0 Å². The summed E-state index contributed by atoms with van der Waals surface area (Å²) in [6.07, 6.45) is 1.26. The van der Waals surface area contributed by atoms with Crippen LogP contribution in [0.15, 0.2) is 35.3 Å². The lowest BCUT2D eigenvalue weighted by atomic mass is 10.1. The summed E-state index contributed by atoms with van der Waals surface area (Å²) in [7, 11) is 0. The van der Waals surface area contributed by atoms with Crippen molar-refractivity contribution in [3.8, 4) is 0 Å². The molecule has 22 heavy (non-hydrogen) atoms. The first-order chi connectivity index (χ1) is 10.5. The molecule has 6 heteroatoms. The number of rotatable bonds is 2. The van der Waals surface area contributed by atoms with Gasteiger partial charge in [-0.3, -0.25) is 14.2 Å². The normalized spacial score (nSPS) is 17.6. The van der Waals surface area contributed by atoms with Gasteiger partial charge in [0.25, 0.3) is 5.56 Å². The Morgan fingerprint density at radius 1 is 1.36 bits per heavy atom. The SMILES string of the molecule is CC1(C)CN(C(=O)Cn2c(=O)cnc3ccccc32)CCO1. The minimum absolute atomic E-state index is 0.0257. The van der Waals surface area contributed by atoms with Gasteiger partial charge in [0.1, 0.15) is 6.54 Å². The maximum absolute atomic E-state index is 12.5. The van der Waals surface area contributed by atoms with Gasteiger partial charge in [-0.05, 0) is 26.0 Å². The van der Waals surface area contributed by atoms with Crippen LogP contribution in [0, 0.1) is 0 Å². The average Bonchev–Trinajstić information content (AvgIpc) is 2.49. The van der Waals surface area contributed by atoms with Crippen LogP contribution in [0.5, 0.6) is 0 Å². The molecule has 1 aromatic heterocycles. The van der Waals surface area contributed by atoms with Crippen LogP contribution >= 0.6 is 0 Å². The van der Waals surface area contributed by atoms with E-state index in [-0.39, 0.29) is 23.6 Å². The van der Waals surface area contributed by atoms with Crippen molar-refractivity contribution in [2.75, 3.05) is 19.7 Å². The van der Waals surface area contributed by atoms with E-state index < -0.39 is 0 Å². The molecule has 0 bridgehead atoms. The average molecular weight is 301 g/mol. The molecular formula is C16H19N3O3. The molecule has 1 aromatic carbocycles. The van der Waals surface area contributed by atoms with Gasteiger partial charge in [-0.1, -0.05) is 12.1 Å². The van der Waals surface area contributed by atoms with E-state index in [4.69, 9.17) is 4.74 Å². The Labute approximate surface area is 128 Å². The van der Waals surface area contributed by atoms with Gasteiger partial charge < -0.3 is 9.64 Å². The first-order valence-corrected chi connectivity index (χ1v) is 7.33. The highest BCUT2D eigenvalue weighted by molar-refractivity contribution is 5.80. The van der Waals surface area contributed by atoms with Gasteiger partial charge in [0.05, 0.1) is 29.4 Å². The second kappa shape index (κ2) is 5.53. The number of carbonyl (C=O) groups excluding carboxylic acids is 1. The molecule has 0 aliphatic carbocycles. The van der Waals surface area contributed by atoms with E-state index in [1.165, 1.54) is 10.8 Å². The topological polar surface area (TPSA) is 64.4 Å². The highest BCUT2D eigenvalue weighted by Gasteiger charge is 2.30. The lowest BCUT2D eigenvalue weighted by molar-refractivity contribution is -0.146. The largest absolute Gasteiger partial charge is 0.372 e. The number of benzene rings is 1. The first kappa shape index (κ1) is 14.7. The quantitative estimate of drug-likeness (QED) is 0.831. The molecule has 1 fully saturated rings. The van der Waals surface area contributed by atoms with Crippen molar-refractivity contribution < 1.29 is 9.53 Å². The number of morpholine rings is 1. The Morgan fingerprint density at radius 3 is 2.91 bits per heavy atom. The molecule has 1 aliphatic heterocycles. The third kappa shape index (κ3) is 2.87. The fourth-order valence-electron chi connectivity index (χ4n) is 2.74. The number of hydrogen-bond donors (Lipinski definition) is 0. The number of carbonyl (C=O) groups is 1. The Hall–Kier alpha value is -2.21. The van der Waals surface area contributed by atoms with Crippen molar-refractivity contribution >= 4 is 16.9 Å². The monoisotopic (exact) mass is 301 g/mol. The number of amides is 1. The zero-order chi connectivity index (χ0) is 15.7. The molecule has 0 unspecified atom stereocenters. The molecule has 0 N–H and O–H groups in total. The summed E-state index contributed by atoms with van der Waals surface area (Å²) in [5, 5.41) is 0. The van der Waals surface area contributed by atoms with Gasteiger partial charge in [0.2, 0.25) is 5.91 Å². The summed E-state index contributed by atoms with van der Waals surface area (Å²) >= 11 is 0. The van der Waals surface area contributed by atoms with Crippen molar-refractivity contribution in [1.29, 1.82) is 0 Å². The molecule has 1 saturated heterocycles. The Kier molecular flexibility index (Phi) is 3.70. The Bertz CT molecular complexity index is 767. The minimum Gasteiger partial charge on any atom is -0.372 e. The van der Waals surface area contributed by atoms with E-state index in [1.807, 2.05) is 32.0 Å². The van der Waals surface area contributed by atoms with Crippen LogP contribution < -0.4 is 5.56 Å². The minimum atomic E-state index is -0.348. The summed E-state index contributed by atoms with van der Waals surface area (Å²) in [5.74, 6) is -0.0742. The molecule has 2 aromatic rings. The van der Waals surface area contributed by atoms with Gasteiger partial charge >= 0.3 is 0 Å². The van der Waals surface area contributed by atoms with Crippen LogP contribution in [0.3, 0.4) is 0 Å². The fraction of sp³-hybridized carbons (Fsp3) is 0.438. The van der Waals surface area contributed by atoms with E-state index >= 15 is 0 Å². The van der Waals surface area contributed by atoms with Gasteiger partial charge in [-0.2, -0.15) is 0 Å². The molecule has 3 rings (SSSR count). The van der Waals surface area contributed by atoms with Crippen LogP contribution in [0.2, 0.25) is 0 Å². The van der Waals surface area contributed by atoms with E-state index in [1.54, 1.807) is 11.0 Å². The first-order valence-electron chi connectivity index (χ1n) is 7.33. The van der Waals surface area contributed by atoms with Gasteiger partial charge in [-0.25, -0.2) is 4.98 Å². The van der Waals surface area contributed by atoms with Crippen LogP contribution in [0.25, 0.3) is 11.0 Å². The van der Waals surface area contributed by atoms with Crippen molar-refractivity contribution in [3.63, 3.8) is 0 Å². The maximum atomic E-state index is 12.5. The summed E-state index contributed by atoms with van der Waals surface area (Å²) in [6.45, 7) is 5.55. The molecule has 6 nitrogen and oxygen atoms in total. The van der Waals surface area contributed by atoms with Crippen LogP contribution in [0.4, 0.5) is 0 Å². The summed E-state index contributed by atoms with van der Waals surface area (Å²) in [6, 6.07) is 7.33. The van der Waals surface area contributed by atoms with E-state index in [9.17, 15) is 9.59 Å². The highest BCUT2D eigenvalue weighted by atomic mass is 16.5. The second-order valence-corrected chi connectivity index (χ2v) is 6.09. The number of para-hydroxylation sites is 2. The lowest BCUT2D eigenvalue weighted by Crippen LogP contribution is -2.51. The molecule has 116 valence electrons. The fourth-order valence-corrected chi connectivity index (χ4v) is 2.74. The predicted octanol–water partition coefficient (Wildman–Crippen LogP) is 1.03. The van der Waals surface area contributed by atoms with Gasteiger partial charge in [-0.15, -0.1) is 0 Å². The molecule has 0 atom stereocenters. The molecule has 0 radical (unpaired) electrons. The molecule has 1 aliphatic rings. The number of ether oxygens (including phenoxy) is 1. The molecule has 1 amide bonds. The standard InChI is InChI=1S/C16H19N3O3/c1-16(2)11-18(7-8-22-16)15(21)10-19-13-6-4-3-5-12(13)17-9-14(19)20/h3-6,9H,7-8,10-11H2,1-2H3. The number of aromatic nitrogens is 2. The summed E-state index contributed by atoms with van der Waals surface area (Å²) in [5.41, 5.74) is 0.770. The third-order valence-corrected chi connectivity index (χ3v) is 3.82. The van der Waals surface area contributed by atoms with Crippen LogP contribution in [-0.4, -0.2) is 45.7 Å². The van der Waals surface area contributed by atoms with Crippen molar-refractivity contribution in [1.82, 2.24) is 14.5 Å². The van der Waals surface area contributed by atoms with Crippen molar-refractivity contribution in [2.24, 2.45) is 0 Å². The lowest BCUT2D eigenvalue weighted by Gasteiger charge is -2.38. The predicted molar refractivity (Wildman–Crippen MR) is 82.6 cm³/mol. The maximum Gasteiger partial charge on any atom is 0.269 e. The zero-order valence-corrected chi connectivity index (χ0v) is 12.8. The molecule has 2 heterocycles. The Balaban J connectivity index is 1.88.